The first-order valence-corrected chi connectivity index (χ1v) is 9.51. The van der Waals surface area contributed by atoms with Crippen LogP contribution in [0.15, 0.2) is 29.2 Å². The van der Waals surface area contributed by atoms with Crippen molar-refractivity contribution in [2.24, 2.45) is 0 Å². The summed E-state index contributed by atoms with van der Waals surface area (Å²) in [6.07, 6.45) is 0.167. The third-order valence-corrected chi connectivity index (χ3v) is 6.03. The Hall–Kier alpha value is -2.39. The summed E-state index contributed by atoms with van der Waals surface area (Å²) in [7, 11) is 0.941. The lowest BCUT2D eigenvalue weighted by atomic mass is 10.3. The number of nitrogens with zero attached hydrogens (tertiary/aromatic N) is 3. The average molecular weight is 380 g/mol. The molecule has 9 heteroatoms. The third kappa shape index (κ3) is 4.23. The van der Waals surface area contributed by atoms with Crippen LogP contribution in [-0.4, -0.2) is 49.6 Å². The maximum Gasteiger partial charge on any atom is 0.246 e. The van der Waals surface area contributed by atoms with Crippen LogP contribution in [-0.2, 0) is 21.4 Å². The highest BCUT2D eigenvalue weighted by atomic mass is 32.2. The summed E-state index contributed by atoms with van der Waals surface area (Å²) in [6.45, 7) is 3.62. The summed E-state index contributed by atoms with van der Waals surface area (Å²) in [5.41, 5.74) is 1.58. The lowest BCUT2D eigenvalue weighted by Gasteiger charge is -2.12. The summed E-state index contributed by atoms with van der Waals surface area (Å²) in [5, 5.41) is 7.07. The Balaban J connectivity index is 2.09. The van der Waals surface area contributed by atoms with Gasteiger partial charge in [-0.15, -0.1) is 0 Å². The van der Waals surface area contributed by atoms with Crippen LogP contribution in [0.25, 0.3) is 0 Å². The van der Waals surface area contributed by atoms with Crippen molar-refractivity contribution < 1.29 is 17.9 Å². The lowest BCUT2D eigenvalue weighted by Crippen LogP contribution is -2.23. The highest BCUT2D eigenvalue weighted by molar-refractivity contribution is 7.89. The number of aryl methyl sites for hydroxylation is 2. The number of nitrogens with one attached hydrogen (secondary N) is 1. The highest BCUT2D eigenvalue weighted by Gasteiger charge is 2.26. The quantitative estimate of drug-likeness (QED) is 0.790. The van der Waals surface area contributed by atoms with Gasteiger partial charge in [0.05, 0.1) is 25.0 Å². The molecule has 142 valence electrons. The van der Waals surface area contributed by atoms with Gasteiger partial charge in [-0.1, -0.05) is 6.07 Å². The fourth-order valence-corrected chi connectivity index (χ4v) is 3.84. The molecule has 1 N–H and O–H groups in total. The largest absolute Gasteiger partial charge is 0.497 e. The van der Waals surface area contributed by atoms with Gasteiger partial charge in [0.2, 0.25) is 15.9 Å². The molecule has 1 heterocycles. The second kappa shape index (κ2) is 7.88. The van der Waals surface area contributed by atoms with Gasteiger partial charge in [-0.3, -0.25) is 9.48 Å². The number of aromatic nitrogens is 2. The number of ether oxygens (including phenoxy) is 1. The number of hydrogen-bond donors (Lipinski definition) is 1. The fourth-order valence-electron chi connectivity index (χ4n) is 2.59. The molecule has 1 amide bonds. The van der Waals surface area contributed by atoms with Gasteiger partial charge in [0.1, 0.15) is 10.6 Å². The molecule has 0 fully saturated rings. The molecular weight excluding hydrogens is 356 g/mol. The van der Waals surface area contributed by atoms with Gasteiger partial charge in [0, 0.05) is 32.3 Å². The van der Waals surface area contributed by atoms with E-state index < -0.39 is 10.0 Å². The van der Waals surface area contributed by atoms with Gasteiger partial charge >= 0.3 is 0 Å². The van der Waals surface area contributed by atoms with Crippen molar-refractivity contribution >= 4 is 21.6 Å². The fraction of sp³-hybridized carbons (Fsp3) is 0.412. The molecule has 1 aromatic heterocycles. The Bertz CT molecular complexity index is 903. The van der Waals surface area contributed by atoms with Crippen LogP contribution in [0.1, 0.15) is 17.8 Å². The number of carbonyl (C=O) groups excluding carboxylic acids is 1. The summed E-state index contributed by atoms with van der Waals surface area (Å²) in [6, 6.07) is 7.07. The van der Waals surface area contributed by atoms with E-state index in [1.54, 1.807) is 49.9 Å². The Morgan fingerprint density at radius 2 is 2.00 bits per heavy atom. The molecule has 0 bridgehead atoms. The minimum atomic E-state index is -3.58. The van der Waals surface area contributed by atoms with E-state index in [9.17, 15) is 13.2 Å². The van der Waals surface area contributed by atoms with E-state index in [0.29, 0.717) is 22.8 Å². The number of methoxy groups -OCH3 is 1. The zero-order chi connectivity index (χ0) is 19.5. The summed E-state index contributed by atoms with van der Waals surface area (Å²) in [4.78, 5) is 12.4. The monoisotopic (exact) mass is 380 g/mol. The normalized spacial score (nSPS) is 11.6. The van der Waals surface area contributed by atoms with E-state index in [-0.39, 0.29) is 23.8 Å². The van der Waals surface area contributed by atoms with E-state index in [2.05, 4.69) is 10.4 Å². The van der Waals surface area contributed by atoms with Crippen molar-refractivity contribution in [3.63, 3.8) is 0 Å². The summed E-state index contributed by atoms with van der Waals surface area (Å²) >= 11 is 0. The first kappa shape index (κ1) is 19.9. The minimum Gasteiger partial charge on any atom is -0.497 e. The SMILES string of the molecule is COc1cccc(NC(=O)CCn2nc(C)c(S(=O)(=O)N(C)C)c2C)c1. The number of anilines is 1. The minimum absolute atomic E-state index is 0.167. The van der Waals surface area contributed by atoms with E-state index in [0.717, 1.165) is 4.31 Å². The second-order valence-electron chi connectivity index (χ2n) is 6.04. The highest BCUT2D eigenvalue weighted by Crippen LogP contribution is 2.22. The number of amides is 1. The van der Waals surface area contributed by atoms with Crippen LogP contribution >= 0.6 is 0 Å². The smallest absolute Gasteiger partial charge is 0.246 e. The van der Waals surface area contributed by atoms with Crippen molar-refractivity contribution in [1.82, 2.24) is 14.1 Å². The Morgan fingerprint density at radius 3 is 2.62 bits per heavy atom. The molecule has 0 saturated heterocycles. The molecule has 26 heavy (non-hydrogen) atoms. The van der Waals surface area contributed by atoms with Crippen LogP contribution in [0.3, 0.4) is 0 Å². The number of rotatable bonds is 7. The Labute approximate surface area is 153 Å². The van der Waals surface area contributed by atoms with E-state index >= 15 is 0 Å². The van der Waals surface area contributed by atoms with Gasteiger partial charge in [0.15, 0.2) is 0 Å². The van der Waals surface area contributed by atoms with Crippen LogP contribution < -0.4 is 10.1 Å². The molecule has 2 rings (SSSR count). The molecule has 0 saturated carbocycles. The molecule has 0 unspecified atom stereocenters. The second-order valence-corrected chi connectivity index (χ2v) is 8.13. The molecule has 1 aromatic carbocycles. The van der Waals surface area contributed by atoms with E-state index in [1.807, 2.05) is 0 Å². The predicted molar refractivity (Wildman–Crippen MR) is 98.8 cm³/mol. The molecule has 0 atom stereocenters. The number of sulfonamides is 1. The molecule has 0 spiro atoms. The van der Waals surface area contributed by atoms with Gasteiger partial charge in [0.25, 0.3) is 0 Å². The number of carbonyl (C=O) groups is 1. The van der Waals surface area contributed by atoms with Gasteiger partial charge < -0.3 is 10.1 Å². The number of hydrogen-bond acceptors (Lipinski definition) is 5. The van der Waals surface area contributed by atoms with Crippen molar-refractivity contribution in [1.29, 1.82) is 0 Å². The third-order valence-electron chi connectivity index (χ3n) is 3.96. The molecule has 0 aliphatic rings. The van der Waals surface area contributed by atoms with Crippen LogP contribution in [0.2, 0.25) is 0 Å². The van der Waals surface area contributed by atoms with Crippen LogP contribution in [0.5, 0.6) is 5.75 Å². The predicted octanol–water partition coefficient (Wildman–Crippen LogP) is 1.79. The van der Waals surface area contributed by atoms with Crippen molar-refractivity contribution in [3.8, 4) is 5.75 Å². The van der Waals surface area contributed by atoms with Crippen LogP contribution in [0, 0.1) is 13.8 Å². The maximum absolute atomic E-state index is 12.4. The zero-order valence-electron chi connectivity index (χ0n) is 15.6. The molecule has 8 nitrogen and oxygen atoms in total. The van der Waals surface area contributed by atoms with E-state index in [1.165, 1.54) is 14.1 Å². The lowest BCUT2D eigenvalue weighted by molar-refractivity contribution is -0.116. The average Bonchev–Trinajstić information content (AvgIpc) is 2.87. The Morgan fingerprint density at radius 1 is 1.31 bits per heavy atom. The van der Waals surface area contributed by atoms with Crippen molar-refractivity contribution in [2.75, 3.05) is 26.5 Å². The zero-order valence-corrected chi connectivity index (χ0v) is 16.4. The first-order chi connectivity index (χ1) is 12.2. The molecular formula is C17H24N4O4S. The topological polar surface area (TPSA) is 93.5 Å². The summed E-state index contributed by atoms with van der Waals surface area (Å²) < 4.78 is 32.6. The van der Waals surface area contributed by atoms with E-state index in [4.69, 9.17) is 4.74 Å². The number of benzene rings is 1. The van der Waals surface area contributed by atoms with Crippen molar-refractivity contribution in [3.05, 3.63) is 35.7 Å². The van der Waals surface area contributed by atoms with Crippen molar-refractivity contribution in [2.45, 2.75) is 31.7 Å². The standard InChI is InChI=1S/C17H24N4O4S/c1-12-17(26(23,24)20(3)4)13(2)21(19-12)10-9-16(22)18-14-7-6-8-15(11-14)25-5/h6-8,11H,9-10H2,1-5H3,(H,18,22). The van der Waals surface area contributed by atoms with Gasteiger partial charge in [-0.2, -0.15) is 5.10 Å². The molecule has 0 radical (unpaired) electrons. The molecule has 2 aromatic rings. The molecule has 0 aliphatic heterocycles. The molecule has 0 aliphatic carbocycles. The van der Waals surface area contributed by atoms with Crippen LogP contribution in [0.4, 0.5) is 5.69 Å². The van der Waals surface area contributed by atoms with Gasteiger partial charge in [-0.25, -0.2) is 12.7 Å². The van der Waals surface area contributed by atoms with Gasteiger partial charge in [-0.05, 0) is 26.0 Å². The maximum atomic E-state index is 12.4. The summed E-state index contributed by atoms with van der Waals surface area (Å²) in [5.74, 6) is 0.461. The first-order valence-electron chi connectivity index (χ1n) is 8.07. The Kier molecular flexibility index (Phi) is 6.04.